The molecule has 2 rings (SSSR count). The first-order valence-corrected chi connectivity index (χ1v) is 5.18. The average Bonchev–Trinajstić information content (AvgIpc) is 2.88. The summed E-state index contributed by atoms with van der Waals surface area (Å²) in [5.41, 5.74) is 0. The number of carbonyl (C=O) groups excluding carboxylic acids is 1. The fraction of sp³-hybridized carbons (Fsp3) is 0.900. The van der Waals surface area contributed by atoms with E-state index in [4.69, 9.17) is 0 Å². The van der Waals surface area contributed by atoms with Crippen molar-refractivity contribution in [1.29, 1.82) is 0 Å². The van der Waals surface area contributed by atoms with Crippen molar-refractivity contribution in [2.24, 2.45) is 0 Å². The van der Waals surface area contributed by atoms with Gasteiger partial charge in [0.2, 0.25) is 5.91 Å². The maximum Gasteiger partial charge on any atom is 0.223 e. The molecule has 1 saturated heterocycles. The van der Waals surface area contributed by atoms with Gasteiger partial charge in [0.1, 0.15) is 0 Å². The minimum absolute atomic E-state index is 0.333. The highest BCUT2D eigenvalue weighted by atomic mass is 16.2. The lowest BCUT2D eigenvalue weighted by molar-refractivity contribution is -0.130. The van der Waals surface area contributed by atoms with Crippen molar-refractivity contribution >= 4 is 5.91 Å². The van der Waals surface area contributed by atoms with Crippen LogP contribution in [0.25, 0.3) is 0 Å². The number of likely N-dealkylation sites (tertiary alicyclic amines) is 1. The van der Waals surface area contributed by atoms with Gasteiger partial charge in [-0.25, -0.2) is 0 Å². The standard InChI is InChI=1S/C10H18N2O/c1-8-3-6-10(13)12(8)7-11(2)9-4-5-9/h8-9H,3-7H2,1-2H3. The molecule has 0 aromatic heterocycles. The van der Waals surface area contributed by atoms with Gasteiger partial charge in [-0.15, -0.1) is 0 Å². The van der Waals surface area contributed by atoms with Crippen LogP contribution < -0.4 is 0 Å². The van der Waals surface area contributed by atoms with E-state index in [1.54, 1.807) is 0 Å². The molecule has 74 valence electrons. The molecule has 1 aliphatic heterocycles. The number of carbonyl (C=O) groups is 1. The van der Waals surface area contributed by atoms with E-state index in [1.807, 2.05) is 4.90 Å². The fourth-order valence-corrected chi connectivity index (χ4v) is 1.97. The van der Waals surface area contributed by atoms with Crippen molar-refractivity contribution in [3.63, 3.8) is 0 Å². The van der Waals surface area contributed by atoms with Crippen LogP contribution in [0.4, 0.5) is 0 Å². The van der Waals surface area contributed by atoms with Crippen molar-refractivity contribution in [3.05, 3.63) is 0 Å². The third-order valence-corrected chi connectivity index (χ3v) is 3.17. The molecule has 0 radical (unpaired) electrons. The monoisotopic (exact) mass is 182 g/mol. The molecule has 0 bridgehead atoms. The highest BCUT2D eigenvalue weighted by Crippen LogP contribution is 2.27. The number of amides is 1. The molecule has 3 nitrogen and oxygen atoms in total. The van der Waals surface area contributed by atoms with Crippen LogP contribution in [0.2, 0.25) is 0 Å². The molecular formula is C10H18N2O. The molecule has 3 heteroatoms. The van der Waals surface area contributed by atoms with Crippen molar-refractivity contribution in [1.82, 2.24) is 9.80 Å². The zero-order chi connectivity index (χ0) is 9.42. The molecule has 1 unspecified atom stereocenters. The molecule has 2 fully saturated rings. The van der Waals surface area contributed by atoms with E-state index >= 15 is 0 Å². The lowest BCUT2D eigenvalue weighted by Crippen LogP contribution is -2.40. The predicted octanol–water partition coefficient (Wildman–Crippen LogP) is 1.05. The summed E-state index contributed by atoms with van der Waals surface area (Å²) in [6, 6.07) is 1.20. The van der Waals surface area contributed by atoms with E-state index in [0.717, 1.165) is 25.6 Å². The van der Waals surface area contributed by atoms with E-state index < -0.39 is 0 Å². The van der Waals surface area contributed by atoms with Crippen molar-refractivity contribution in [2.45, 2.75) is 44.7 Å². The lowest BCUT2D eigenvalue weighted by atomic mass is 10.2. The molecule has 2 aliphatic rings. The van der Waals surface area contributed by atoms with E-state index in [9.17, 15) is 4.79 Å². The SMILES string of the molecule is CC1CCC(=O)N1CN(C)C1CC1. The molecule has 0 N–H and O–H groups in total. The summed E-state index contributed by atoms with van der Waals surface area (Å²) < 4.78 is 0. The van der Waals surface area contributed by atoms with Gasteiger partial charge in [0.05, 0.1) is 6.67 Å². The Morgan fingerprint density at radius 1 is 1.46 bits per heavy atom. The quantitative estimate of drug-likeness (QED) is 0.651. The van der Waals surface area contributed by atoms with Gasteiger partial charge < -0.3 is 4.90 Å². The molecule has 0 aromatic carbocycles. The summed E-state index contributed by atoms with van der Waals surface area (Å²) in [7, 11) is 2.12. The van der Waals surface area contributed by atoms with Crippen LogP contribution in [0.1, 0.15) is 32.6 Å². The Labute approximate surface area is 79.7 Å². The van der Waals surface area contributed by atoms with Crippen LogP contribution in [-0.4, -0.2) is 41.5 Å². The van der Waals surface area contributed by atoms with Gasteiger partial charge in [-0.1, -0.05) is 0 Å². The Kier molecular flexibility index (Phi) is 2.28. The van der Waals surface area contributed by atoms with Crippen LogP contribution in [0.3, 0.4) is 0 Å². The normalized spacial score (nSPS) is 29.0. The third kappa shape index (κ3) is 1.85. The lowest BCUT2D eigenvalue weighted by Gasteiger charge is -2.27. The predicted molar refractivity (Wildman–Crippen MR) is 51.2 cm³/mol. The van der Waals surface area contributed by atoms with Gasteiger partial charge in [-0.05, 0) is 33.2 Å². The van der Waals surface area contributed by atoms with Gasteiger partial charge >= 0.3 is 0 Å². The summed E-state index contributed by atoms with van der Waals surface area (Å²) >= 11 is 0. The van der Waals surface area contributed by atoms with E-state index in [-0.39, 0.29) is 0 Å². The second kappa shape index (κ2) is 3.29. The summed E-state index contributed by atoms with van der Waals surface area (Å²) in [5.74, 6) is 0.333. The van der Waals surface area contributed by atoms with Crippen LogP contribution in [-0.2, 0) is 4.79 Å². The molecule has 1 saturated carbocycles. The molecule has 1 amide bonds. The number of hydrogen-bond acceptors (Lipinski definition) is 2. The van der Waals surface area contributed by atoms with Gasteiger partial charge in [0.25, 0.3) is 0 Å². The molecule has 13 heavy (non-hydrogen) atoms. The Morgan fingerprint density at radius 2 is 2.15 bits per heavy atom. The van der Waals surface area contributed by atoms with E-state index in [0.29, 0.717) is 11.9 Å². The van der Waals surface area contributed by atoms with Gasteiger partial charge in [-0.3, -0.25) is 9.69 Å². The summed E-state index contributed by atoms with van der Waals surface area (Å²) in [4.78, 5) is 15.8. The fourth-order valence-electron chi connectivity index (χ4n) is 1.97. The topological polar surface area (TPSA) is 23.6 Å². The number of hydrogen-bond donors (Lipinski definition) is 0. The third-order valence-electron chi connectivity index (χ3n) is 3.17. The van der Waals surface area contributed by atoms with Crippen LogP contribution >= 0.6 is 0 Å². The summed E-state index contributed by atoms with van der Waals surface area (Å²) in [6.45, 7) is 2.98. The Bertz CT molecular complexity index is 213. The maximum absolute atomic E-state index is 11.5. The summed E-state index contributed by atoms with van der Waals surface area (Å²) in [5, 5.41) is 0. The largest absolute Gasteiger partial charge is 0.327 e. The Balaban J connectivity index is 1.88. The smallest absolute Gasteiger partial charge is 0.223 e. The zero-order valence-corrected chi connectivity index (χ0v) is 8.49. The minimum Gasteiger partial charge on any atom is -0.327 e. The van der Waals surface area contributed by atoms with Gasteiger partial charge in [-0.2, -0.15) is 0 Å². The van der Waals surface area contributed by atoms with Crippen LogP contribution in [0.15, 0.2) is 0 Å². The molecule has 1 heterocycles. The molecule has 0 aromatic rings. The van der Waals surface area contributed by atoms with Gasteiger partial charge in [0.15, 0.2) is 0 Å². The molecular weight excluding hydrogens is 164 g/mol. The minimum atomic E-state index is 0.333. The van der Waals surface area contributed by atoms with Gasteiger partial charge in [0, 0.05) is 18.5 Å². The molecule has 0 spiro atoms. The van der Waals surface area contributed by atoms with Crippen molar-refractivity contribution in [3.8, 4) is 0 Å². The van der Waals surface area contributed by atoms with E-state index in [1.165, 1.54) is 12.8 Å². The van der Waals surface area contributed by atoms with Crippen LogP contribution in [0, 0.1) is 0 Å². The number of nitrogens with zero attached hydrogens (tertiary/aromatic N) is 2. The highest BCUT2D eigenvalue weighted by molar-refractivity contribution is 5.78. The van der Waals surface area contributed by atoms with E-state index in [2.05, 4.69) is 18.9 Å². The Morgan fingerprint density at radius 3 is 2.62 bits per heavy atom. The first-order valence-electron chi connectivity index (χ1n) is 5.18. The van der Waals surface area contributed by atoms with Crippen LogP contribution in [0.5, 0.6) is 0 Å². The number of rotatable bonds is 3. The second-order valence-corrected chi connectivity index (χ2v) is 4.38. The summed E-state index contributed by atoms with van der Waals surface area (Å²) in [6.07, 6.45) is 4.41. The zero-order valence-electron chi connectivity index (χ0n) is 8.49. The van der Waals surface area contributed by atoms with Crippen molar-refractivity contribution in [2.75, 3.05) is 13.7 Å². The molecule has 1 aliphatic carbocycles. The molecule has 1 atom stereocenters. The highest BCUT2D eigenvalue weighted by Gasteiger charge is 2.32. The first kappa shape index (κ1) is 9.00. The maximum atomic E-state index is 11.5. The second-order valence-electron chi connectivity index (χ2n) is 4.38. The average molecular weight is 182 g/mol. The first-order chi connectivity index (χ1) is 6.18. The van der Waals surface area contributed by atoms with Crippen molar-refractivity contribution < 1.29 is 4.79 Å². The Hall–Kier alpha value is -0.570.